The van der Waals surface area contributed by atoms with Crippen molar-refractivity contribution in [1.82, 2.24) is 4.98 Å². The molecule has 0 saturated heterocycles. The highest BCUT2D eigenvalue weighted by molar-refractivity contribution is 7.10. The Bertz CT molecular complexity index is 554. The fourth-order valence-electron chi connectivity index (χ4n) is 1.77. The smallest absolute Gasteiger partial charge is 0.128 e. The van der Waals surface area contributed by atoms with Crippen LogP contribution in [-0.2, 0) is 0 Å². The first kappa shape index (κ1) is 13.8. The normalized spacial score (nSPS) is 12.2. The molecular weight excluding hydrogens is 260 g/mol. The number of aromatic nitrogens is 1. The van der Waals surface area contributed by atoms with E-state index >= 15 is 0 Å². The van der Waals surface area contributed by atoms with E-state index in [0.29, 0.717) is 0 Å². The lowest BCUT2D eigenvalue weighted by Crippen LogP contribution is -2.07. The second-order valence-electron chi connectivity index (χ2n) is 4.15. The monoisotopic (exact) mass is 278 g/mol. The van der Waals surface area contributed by atoms with Crippen LogP contribution in [0.25, 0.3) is 11.3 Å². The van der Waals surface area contributed by atoms with Gasteiger partial charge in [0, 0.05) is 10.9 Å². The molecule has 2 N–H and O–H groups in total. The molecule has 0 aliphatic carbocycles. The number of benzene rings is 1. The quantitative estimate of drug-likeness (QED) is 0.912. The predicted octanol–water partition coefficient (Wildman–Crippen LogP) is 3.24. The van der Waals surface area contributed by atoms with Gasteiger partial charge in [-0.1, -0.05) is 6.92 Å². The van der Waals surface area contributed by atoms with Gasteiger partial charge in [-0.2, -0.15) is 0 Å². The molecule has 0 bridgehead atoms. The van der Waals surface area contributed by atoms with Crippen LogP contribution < -0.4 is 15.2 Å². The summed E-state index contributed by atoms with van der Waals surface area (Å²) in [5.74, 6) is 1.56. The van der Waals surface area contributed by atoms with Gasteiger partial charge in [0.25, 0.3) is 0 Å². The van der Waals surface area contributed by atoms with Crippen molar-refractivity contribution in [3.05, 3.63) is 28.6 Å². The van der Waals surface area contributed by atoms with E-state index in [1.165, 1.54) is 0 Å². The van der Waals surface area contributed by atoms with Gasteiger partial charge < -0.3 is 15.2 Å². The Morgan fingerprint density at radius 3 is 2.74 bits per heavy atom. The zero-order chi connectivity index (χ0) is 13.8. The van der Waals surface area contributed by atoms with E-state index in [1.54, 1.807) is 25.6 Å². The molecule has 0 aliphatic rings. The number of nitrogens with zero attached hydrogens (tertiary/aromatic N) is 1. The van der Waals surface area contributed by atoms with Crippen LogP contribution in [0.5, 0.6) is 11.5 Å². The molecular formula is C14H18N2O2S. The van der Waals surface area contributed by atoms with Crippen LogP contribution >= 0.6 is 11.3 Å². The highest BCUT2D eigenvalue weighted by Crippen LogP contribution is 2.34. The Kier molecular flexibility index (Phi) is 4.39. The lowest BCUT2D eigenvalue weighted by molar-refractivity contribution is 0.404. The first-order chi connectivity index (χ1) is 9.19. The molecule has 19 heavy (non-hydrogen) atoms. The summed E-state index contributed by atoms with van der Waals surface area (Å²) < 4.78 is 10.6. The van der Waals surface area contributed by atoms with Gasteiger partial charge in [-0.05, 0) is 24.6 Å². The maximum absolute atomic E-state index is 6.00. The highest BCUT2D eigenvalue weighted by Gasteiger charge is 2.14. The van der Waals surface area contributed by atoms with Crippen LogP contribution in [0.3, 0.4) is 0 Å². The molecule has 1 unspecified atom stereocenters. The average Bonchev–Trinajstić information content (AvgIpc) is 2.95. The lowest BCUT2D eigenvalue weighted by atomic mass is 10.1. The molecule has 2 rings (SSSR count). The Morgan fingerprint density at radius 2 is 2.11 bits per heavy atom. The Balaban J connectivity index is 2.42. The standard InChI is InChI=1S/C14H18N2O2S/c1-4-11(15)14-16-12(8-19-14)10-7-9(17-2)5-6-13(10)18-3/h5-8,11H,4,15H2,1-3H3. The largest absolute Gasteiger partial charge is 0.497 e. The van der Waals surface area contributed by atoms with Gasteiger partial charge in [0.05, 0.1) is 26.0 Å². The second kappa shape index (κ2) is 6.04. The summed E-state index contributed by atoms with van der Waals surface area (Å²) in [6.45, 7) is 2.05. The number of methoxy groups -OCH3 is 2. The zero-order valence-corrected chi connectivity index (χ0v) is 12.2. The maximum Gasteiger partial charge on any atom is 0.128 e. The van der Waals surface area contributed by atoms with Crippen molar-refractivity contribution in [3.8, 4) is 22.8 Å². The highest BCUT2D eigenvalue weighted by atomic mass is 32.1. The number of nitrogens with two attached hydrogens (primary N) is 1. The van der Waals surface area contributed by atoms with E-state index in [-0.39, 0.29) is 6.04 Å². The van der Waals surface area contributed by atoms with E-state index in [0.717, 1.165) is 34.2 Å². The summed E-state index contributed by atoms with van der Waals surface area (Å²) in [5, 5.41) is 2.95. The Labute approximate surface area is 117 Å². The second-order valence-corrected chi connectivity index (χ2v) is 5.04. The molecule has 0 saturated carbocycles. The molecule has 2 aromatic rings. The molecule has 1 aromatic carbocycles. The van der Waals surface area contributed by atoms with Gasteiger partial charge in [0.15, 0.2) is 0 Å². The molecule has 0 fully saturated rings. The number of hydrogen-bond donors (Lipinski definition) is 1. The third kappa shape index (κ3) is 2.88. The first-order valence-corrected chi connectivity index (χ1v) is 7.01. The Morgan fingerprint density at radius 1 is 1.32 bits per heavy atom. The SMILES string of the molecule is CCC(N)c1nc(-c2cc(OC)ccc2OC)cs1. The van der Waals surface area contributed by atoms with Crippen molar-refractivity contribution >= 4 is 11.3 Å². The van der Waals surface area contributed by atoms with Crippen molar-refractivity contribution in [3.63, 3.8) is 0 Å². The van der Waals surface area contributed by atoms with Crippen molar-refractivity contribution in [2.45, 2.75) is 19.4 Å². The summed E-state index contributed by atoms with van der Waals surface area (Å²) in [4.78, 5) is 4.59. The fourth-order valence-corrected chi connectivity index (χ4v) is 2.68. The van der Waals surface area contributed by atoms with Crippen LogP contribution in [0.15, 0.2) is 23.6 Å². The summed E-state index contributed by atoms with van der Waals surface area (Å²) in [6, 6.07) is 5.67. The minimum Gasteiger partial charge on any atom is -0.497 e. The lowest BCUT2D eigenvalue weighted by Gasteiger charge is -2.08. The van der Waals surface area contributed by atoms with Crippen LogP contribution in [0, 0.1) is 0 Å². The predicted molar refractivity (Wildman–Crippen MR) is 77.9 cm³/mol. The summed E-state index contributed by atoms with van der Waals surface area (Å²) in [7, 11) is 3.29. The van der Waals surface area contributed by atoms with Crippen LogP contribution in [0.4, 0.5) is 0 Å². The number of rotatable bonds is 5. The minimum absolute atomic E-state index is 0.00430. The third-order valence-electron chi connectivity index (χ3n) is 2.96. The molecule has 0 radical (unpaired) electrons. The summed E-state index contributed by atoms with van der Waals surface area (Å²) >= 11 is 1.58. The average molecular weight is 278 g/mol. The molecule has 4 nitrogen and oxygen atoms in total. The first-order valence-electron chi connectivity index (χ1n) is 6.13. The molecule has 0 amide bonds. The molecule has 1 aromatic heterocycles. The van der Waals surface area contributed by atoms with Crippen molar-refractivity contribution < 1.29 is 9.47 Å². The third-order valence-corrected chi connectivity index (χ3v) is 3.94. The van der Waals surface area contributed by atoms with E-state index in [4.69, 9.17) is 15.2 Å². The van der Waals surface area contributed by atoms with Gasteiger partial charge in [-0.3, -0.25) is 0 Å². The van der Waals surface area contributed by atoms with Gasteiger partial charge in [0.2, 0.25) is 0 Å². The van der Waals surface area contributed by atoms with Crippen molar-refractivity contribution in [1.29, 1.82) is 0 Å². The van der Waals surface area contributed by atoms with Gasteiger partial charge in [0.1, 0.15) is 16.5 Å². The molecule has 1 heterocycles. The van der Waals surface area contributed by atoms with Crippen molar-refractivity contribution in [2.24, 2.45) is 5.73 Å². The fraction of sp³-hybridized carbons (Fsp3) is 0.357. The number of thiazole rings is 1. The van der Waals surface area contributed by atoms with E-state index in [9.17, 15) is 0 Å². The van der Waals surface area contributed by atoms with Gasteiger partial charge in [-0.15, -0.1) is 11.3 Å². The number of ether oxygens (including phenoxy) is 2. The van der Waals surface area contributed by atoms with E-state index in [1.807, 2.05) is 23.6 Å². The summed E-state index contributed by atoms with van der Waals surface area (Å²) in [5.41, 5.74) is 7.80. The van der Waals surface area contributed by atoms with Gasteiger partial charge >= 0.3 is 0 Å². The van der Waals surface area contributed by atoms with Crippen LogP contribution in [0.1, 0.15) is 24.4 Å². The van der Waals surface area contributed by atoms with Crippen LogP contribution in [-0.4, -0.2) is 19.2 Å². The van der Waals surface area contributed by atoms with E-state index < -0.39 is 0 Å². The molecule has 5 heteroatoms. The molecule has 1 atom stereocenters. The van der Waals surface area contributed by atoms with E-state index in [2.05, 4.69) is 11.9 Å². The molecule has 102 valence electrons. The molecule has 0 aliphatic heterocycles. The number of hydrogen-bond acceptors (Lipinski definition) is 5. The van der Waals surface area contributed by atoms with Crippen molar-refractivity contribution in [2.75, 3.05) is 14.2 Å². The maximum atomic E-state index is 6.00. The Hall–Kier alpha value is -1.59. The van der Waals surface area contributed by atoms with Crippen LogP contribution in [0.2, 0.25) is 0 Å². The molecule has 0 spiro atoms. The van der Waals surface area contributed by atoms with Gasteiger partial charge in [-0.25, -0.2) is 4.98 Å². The topological polar surface area (TPSA) is 57.4 Å². The summed E-state index contributed by atoms with van der Waals surface area (Å²) in [6.07, 6.45) is 0.877. The minimum atomic E-state index is -0.00430. The zero-order valence-electron chi connectivity index (χ0n) is 11.3.